The number of allylic oxidation sites excluding steroid dienone is 1. The molecule has 4 nitrogen and oxygen atoms in total. The zero-order valence-corrected chi connectivity index (χ0v) is 17.5. The minimum Gasteiger partial charge on any atom is -0.307 e. The lowest BCUT2D eigenvalue weighted by Crippen LogP contribution is -2.34. The predicted molar refractivity (Wildman–Crippen MR) is 120 cm³/mol. The average molecular weight is 427 g/mol. The van der Waals surface area contributed by atoms with E-state index in [1.54, 1.807) is 53.4 Å². The Morgan fingerprint density at radius 1 is 0.935 bits per heavy atom. The lowest BCUT2D eigenvalue weighted by Gasteiger charge is -2.32. The van der Waals surface area contributed by atoms with E-state index in [-0.39, 0.29) is 18.1 Å². The monoisotopic (exact) mass is 426 g/mol. The van der Waals surface area contributed by atoms with Gasteiger partial charge in [-0.05, 0) is 41.8 Å². The number of benzene rings is 3. The molecule has 0 atom stereocenters. The predicted octanol–water partition coefficient (Wildman–Crippen LogP) is 5.63. The molecule has 0 bridgehead atoms. The Balaban J connectivity index is 1.87. The summed E-state index contributed by atoms with van der Waals surface area (Å²) in [6.45, 7) is 0.355. The van der Waals surface area contributed by atoms with Crippen molar-refractivity contribution in [2.45, 2.75) is 19.4 Å². The van der Waals surface area contributed by atoms with Gasteiger partial charge >= 0.3 is 0 Å². The normalized spacial score (nSPS) is 13.8. The van der Waals surface area contributed by atoms with Gasteiger partial charge in [0.25, 0.3) is 0 Å². The number of nitrogens with zero attached hydrogens (tertiary/aromatic N) is 2. The van der Waals surface area contributed by atoms with Crippen LogP contribution in [0.15, 0.2) is 84.4 Å². The number of hydrogen-bond acceptors (Lipinski definition) is 3. The zero-order chi connectivity index (χ0) is 21.8. The highest BCUT2D eigenvalue weighted by Gasteiger charge is 2.32. The molecule has 0 fully saturated rings. The molecule has 4 rings (SSSR count). The van der Waals surface area contributed by atoms with Crippen LogP contribution in [0.2, 0.25) is 5.02 Å². The summed E-state index contributed by atoms with van der Waals surface area (Å²) in [6, 6.07) is 25.7. The van der Waals surface area contributed by atoms with E-state index in [1.807, 2.05) is 30.3 Å². The number of Topliss-reactive ketones (excluding diaryl/α,β-unsaturated/α-hetero) is 1. The highest BCUT2D eigenvalue weighted by atomic mass is 35.5. The maximum absolute atomic E-state index is 13.5. The molecule has 31 heavy (non-hydrogen) atoms. The van der Waals surface area contributed by atoms with E-state index in [2.05, 4.69) is 6.07 Å². The lowest BCUT2D eigenvalue weighted by atomic mass is 9.90. The molecule has 0 saturated carbocycles. The summed E-state index contributed by atoms with van der Waals surface area (Å²) in [7, 11) is 0. The van der Waals surface area contributed by atoms with Crippen LogP contribution in [0.4, 0.5) is 0 Å². The number of ketones is 1. The third-order valence-electron chi connectivity index (χ3n) is 5.31. The first kappa shape index (κ1) is 20.6. The van der Waals surface area contributed by atoms with Gasteiger partial charge in [-0.15, -0.1) is 0 Å². The molecule has 152 valence electrons. The lowest BCUT2D eigenvalue weighted by molar-refractivity contribution is -0.128. The van der Waals surface area contributed by atoms with Gasteiger partial charge < -0.3 is 4.90 Å². The van der Waals surface area contributed by atoms with Crippen molar-refractivity contribution in [3.8, 4) is 6.07 Å². The fourth-order valence-electron chi connectivity index (χ4n) is 3.77. The van der Waals surface area contributed by atoms with Crippen LogP contribution in [-0.2, 0) is 11.3 Å². The molecule has 0 aromatic heterocycles. The molecule has 1 aliphatic rings. The van der Waals surface area contributed by atoms with Gasteiger partial charge in [-0.3, -0.25) is 9.59 Å². The van der Waals surface area contributed by atoms with E-state index in [1.165, 1.54) is 0 Å². The Bertz CT molecular complexity index is 1210. The Hall–Kier alpha value is -3.68. The van der Waals surface area contributed by atoms with Crippen LogP contribution in [-0.4, -0.2) is 16.6 Å². The van der Waals surface area contributed by atoms with Crippen molar-refractivity contribution in [2.75, 3.05) is 0 Å². The minimum absolute atomic E-state index is 0.0427. The SMILES string of the molecule is N#Cc1ccc(C2=C(C(=O)c3ccccc3Cl)CCC(=O)N2Cc2ccccc2)cc1. The summed E-state index contributed by atoms with van der Waals surface area (Å²) in [5.41, 5.74) is 3.74. The second-order valence-electron chi connectivity index (χ2n) is 7.29. The first-order valence-corrected chi connectivity index (χ1v) is 10.3. The van der Waals surface area contributed by atoms with Crippen LogP contribution >= 0.6 is 11.6 Å². The number of halogens is 1. The molecule has 0 unspecified atom stereocenters. The van der Waals surface area contributed by atoms with Crippen molar-refractivity contribution in [3.63, 3.8) is 0 Å². The van der Waals surface area contributed by atoms with E-state index >= 15 is 0 Å². The second kappa shape index (κ2) is 8.99. The van der Waals surface area contributed by atoms with Crippen LogP contribution in [0.5, 0.6) is 0 Å². The maximum Gasteiger partial charge on any atom is 0.227 e. The topological polar surface area (TPSA) is 61.2 Å². The van der Waals surface area contributed by atoms with Crippen LogP contribution < -0.4 is 0 Å². The van der Waals surface area contributed by atoms with Crippen molar-refractivity contribution in [1.29, 1.82) is 5.26 Å². The summed E-state index contributed by atoms with van der Waals surface area (Å²) in [5, 5.41) is 9.53. The van der Waals surface area contributed by atoms with Gasteiger partial charge in [0.15, 0.2) is 5.78 Å². The van der Waals surface area contributed by atoms with Gasteiger partial charge in [-0.1, -0.05) is 66.2 Å². The van der Waals surface area contributed by atoms with Gasteiger partial charge in [0.2, 0.25) is 5.91 Å². The van der Waals surface area contributed by atoms with E-state index in [0.29, 0.717) is 40.4 Å². The van der Waals surface area contributed by atoms with Crippen LogP contribution in [0.25, 0.3) is 5.70 Å². The molecule has 0 radical (unpaired) electrons. The summed E-state index contributed by atoms with van der Waals surface area (Å²) in [5.74, 6) is -0.227. The Morgan fingerprint density at radius 3 is 2.29 bits per heavy atom. The number of nitriles is 1. The molecule has 0 N–H and O–H groups in total. The standard InChI is InChI=1S/C26H19ClN2O2/c27-23-9-5-4-8-21(23)26(31)22-14-15-24(30)29(17-19-6-2-1-3-7-19)25(22)20-12-10-18(16-28)11-13-20/h1-13H,14-15,17H2. The first-order chi connectivity index (χ1) is 15.1. The number of hydrogen-bond donors (Lipinski definition) is 0. The molecular formula is C26H19ClN2O2. The van der Waals surface area contributed by atoms with E-state index in [4.69, 9.17) is 16.9 Å². The van der Waals surface area contributed by atoms with Crippen molar-refractivity contribution < 1.29 is 9.59 Å². The number of carbonyl (C=O) groups excluding carboxylic acids is 2. The average Bonchev–Trinajstić information content (AvgIpc) is 2.81. The summed E-state index contributed by atoms with van der Waals surface area (Å²) >= 11 is 6.31. The molecule has 5 heteroatoms. The van der Waals surface area contributed by atoms with Crippen molar-refractivity contribution in [1.82, 2.24) is 4.90 Å². The molecule has 0 saturated heterocycles. The number of rotatable bonds is 5. The molecular weight excluding hydrogens is 408 g/mol. The highest BCUT2D eigenvalue weighted by Crippen LogP contribution is 2.35. The third-order valence-corrected chi connectivity index (χ3v) is 5.64. The van der Waals surface area contributed by atoms with Gasteiger partial charge in [0.05, 0.1) is 28.9 Å². The van der Waals surface area contributed by atoms with Crippen LogP contribution in [0.1, 0.15) is 39.9 Å². The smallest absolute Gasteiger partial charge is 0.227 e. The van der Waals surface area contributed by atoms with E-state index in [0.717, 1.165) is 11.1 Å². The number of carbonyl (C=O) groups is 2. The van der Waals surface area contributed by atoms with Gasteiger partial charge in [0, 0.05) is 17.6 Å². The van der Waals surface area contributed by atoms with Crippen LogP contribution in [0.3, 0.4) is 0 Å². The molecule has 1 aliphatic heterocycles. The Morgan fingerprint density at radius 2 is 1.61 bits per heavy atom. The highest BCUT2D eigenvalue weighted by molar-refractivity contribution is 6.35. The van der Waals surface area contributed by atoms with E-state index in [9.17, 15) is 9.59 Å². The van der Waals surface area contributed by atoms with Gasteiger partial charge in [0.1, 0.15) is 0 Å². The molecule has 0 spiro atoms. The van der Waals surface area contributed by atoms with Crippen molar-refractivity contribution in [2.24, 2.45) is 0 Å². The fourth-order valence-corrected chi connectivity index (χ4v) is 3.99. The second-order valence-corrected chi connectivity index (χ2v) is 7.70. The maximum atomic E-state index is 13.5. The summed E-state index contributed by atoms with van der Waals surface area (Å²) in [6.07, 6.45) is 0.585. The fraction of sp³-hybridized carbons (Fsp3) is 0.115. The van der Waals surface area contributed by atoms with E-state index < -0.39 is 0 Å². The van der Waals surface area contributed by atoms with Crippen LogP contribution in [0, 0.1) is 11.3 Å². The van der Waals surface area contributed by atoms with Crippen molar-refractivity contribution >= 4 is 29.0 Å². The zero-order valence-electron chi connectivity index (χ0n) is 16.7. The largest absolute Gasteiger partial charge is 0.307 e. The third kappa shape index (κ3) is 4.28. The Labute approximate surface area is 186 Å². The molecule has 3 aromatic rings. The van der Waals surface area contributed by atoms with Gasteiger partial charge in [-0.2, -0.15) is 5.26 Å². The van der Waals surface area contributed by atoms with Gasteiger partial charge in [-0.25, -0.2) is 0 Å². The molecule has 1 heterocycles. The Kier molecular flexibility index (Phi) is 5.97. The minimum atomic E-state index is -0.185. The number of amides is 1. The quantitative estimate of drug-likeness (QED) is 0.497. The summed E-state index contributed by atoms with van der Waals surface area (Å²) < 4.78 is 0. The molecule has 0 aliphatic carbocycles. The molecule has 1 amide bonds. The summed E-state index contributed by atoms with van der Waals surface area (Å²) in [4.78, 5) is 28.1. The van der Waals surface area contributed by atoms with Crippen molar-refractivity contribution in [3.05, 3.63) is 112 Å². The first-order valence-electron chi connectivity index (χ1n) is 9.95. The molecule has 3 aromatic carbocycles.